The maximum Gasteiger partial charge on any atom is 0.150 e. The van der Waals surface area contributed by atoms with Gasteiger partial charge in [0.25, 0.3) is 0 Å². The first-order chi connectivity index (χ1) is 13.4. The highest BCUT2D eigenvalue weighted by atomic mass is 16.4. The zero-order valence-corrected chi connectivity index (χ0v) is 14.2. The molecule has 0 fully saturated rings. The van der Waals surface area contributed by atoms with E-state index in [1.807, 2.05) is 54.6 Å². The third-order valence-electron chi connectivity index (χ3n) is 5.47. The molecule has 0 atom stereocenters. The minimum atomic E-state index is 0.822. The Balaban J connectivity index is 1.95. The molecule has 0 aliphatic heterocycles. The highest BCUT2D eigenvalue weighted by Gasteiger charge is 2.24. The number of fused-ring (bicyclic) bond motifs is 12. The van der Waals surface area contributed by atoms with Gasteiger partial charge in [-0.25, -0.2) is 0 Å². The summed E-state index contributed by atoms with van der Waals surface area (Å²) in [7, 11) is 0. The molecule has 7 aromatic rings. The van der Waals surface area contributed by atoms with Gasteiger partial charge in [0.1, 0.15) is 16.7 Å². The third kappa shape index (κ3) is 1.53. The fourth-order valence-corrected chi connectivity index (χ4v) is 4.34. The van der Waals surface area contributed by atoms with E-state index in [9.17, 15) is 0 Å². The van der Waals surface area contributed by atoms with Gasteiger partial charge in [-0.1, -0.05) is 54.6 Å². The predicted molar refractivity (Wildman–Crippen MR) is 108 cm³/mol. The van der Waals surface area contributed by atoms with Gasteiger partial charge in [-0.15, -0.1) is 0 Å². The van der Waals surface area contributed by atoms with Crippen LogP contribution in [0.1, 0.15) is 0 Å². The van der Waals surface area contributed by atoms with Gasteiger partial charge in [-0.3, -0.25) is 0 Å². The van der Waals surface area contributed by atoms with Gasteiger partial charge in [-0.2, -0.15) is 0 Å². The van der Waals surface area contributed by atoms with Gasteiger partial charge in [0.15, 0.2) is 16.7 Å². The Bertz CT molecular complexity index is 1440. The molecule has 3 heteroatoms. The van der Waals surface area contributed by atoms with Crippen molar-refractivity contribution in [1.82, 2.24) is 0 Å². The number of furan rings is 3. The van der Waals surface area contributed by atoms with Crippen LogP contribution in [0.4, 0.5) is 0 Å². The van der Waals surface area contributed by atoms with Gasteiger partial charge in [0, 0.05) is 16.2 Å². The summed E-state index contributed by atoms with van der Waals surface area (Å²) >= 11 is 0. The summed E-state index contributed by atoms with van der Waals surface area (Å²) in [4.78, 5) is 0. The van der Waals surface area contributed by atoms with Crippen molar-refractivity contribution in [3.8, 4) is 0 Å². The first kappa shape index (κ1) is 13.5. The topological polar surface area (TPSA) is 39.4 Å². The van der Waals surface area contributed by atoms with Gasteiger partial charge in [0.2, 0.25) is 0 Å². The summed E-state index contributed by atoms with van der Waals surface area (Å²) in [6, 6.07) is 24.3. The van der Waals surface area contributed by atoms with E-state index in [2.05, 4.69) is 18.2 Å². The smallest absolute Gasteiger partial charge is 0.150 e. The van der Waals surface area contributed by atoms with Crippen molar-refractivity contribution in [2.24, 2.45) is 0 Å². The van der Waals surface area contributed by atoms with Crippen LogP contribution in [-0.4, -0.2) is 0 Å². The number of hydrogen-bond donors (Lipinski definition) is 0. The molecule has 0 amide bonds. The molecule has 126 valence electrons. The quantitative estimate of drug-likeness (QED) is 0.287. The highest BCUT2D eigenvalue weighted by Crippen LogP contribution is 2.47. The zero-order chi connectivity index (χ0) is 17.5. The van der Waals surface area contributed by atoms with Crippen molar-refractivity contribution in [3.05, 3.63) is 72.8 Å². The average Bonchev–Trinajstić information content (AvgIpc) is 3.38. The molecule has 0 saturated heterocycles. The average molecular weight is 348 g/mol. The number of hydrogen-bond acceptors (Lipinski definition) is 3. The molecule has 3 heterocycles. The van der Waals surface area contributed by atoms with E-state index in [1.165, 1.54) is 0 Å². The maximum absolute atomic E-state index is 6.32. The largest absolute Gasteiger partial charge is 0.455 e. The molecule has 4 aromatic carbocycles. The predicted octanol–water partition coefficient (Wildman–Crippen LogP) is 7.38. The Hall–Kier alpha value is -3.72. The molecule has 0 N–H and O–H groups in total. The highest BCUT2D eigenvalue weighted by molar-refractivity contribution is 6.36. The summed E-state index contributed by atoms with van der Waals surface area (Å²) in [5.41, 5.74) is 5.03. The van der Waals surface area contributed by atoms with Crippen molar-refractivity contribution < 1.29 is 13.3 Å². The monoisotopic (exact) mass is 348 g/mol. The Morgan fingerprint density at radius 1 is 0.370 bits per heavy atom. The van der Waals surface area contributed by atoms with Crippen molar-refractivity contribution in [2.45, 2.75) is 0 Å². The number of rotatable bonds is 0. The molecular weight excluding hydrogens is 336 g/mol. The fourth-order valence-electron chi connectivity index (χ4n) is 4.34. The molecule has 3 aromatic heterocycles. The second-order valence-corrected chi connectivity index (χ2v) is 6.91. The lowest BCUT2D eigenvalue weighted by Crippen LogP contribution is -1.74. The lowest BCUT2D eigenvalue weighted by atomic mass is 10.0. The first-order valence-electron chi connectivity index (χ1n) is 8.96. The van der Waals surface area contributed by atoms with Gasteiger partial charge in [-0.05, 0) is 18.2 Å². The zero-order valence-electron chi connectivity index (χ0n) is 14.2. The Morgan fingerprint density at radius 3 is 1.00 bits per heavy atom. The second kappa shape index (κ2) is 4.51. The summed E-state index contributed by atoms with van der Waals surface area (Å²) in [6.45, 7) is 0. The molecule has 0 aliphatic rings. The number of benzene rings is 4. The third-order valence-corrected chi connectivity index (χ3v) is 5.47. The van der Waals surface area contributed by atoms with E-state index in [1.54, 1.807) is 0 Å². The minimum Gasteiger partial charge on any atom is -0.455 e. The fraction of sp³-hybridized carbons (Fsp3) is 0. The summed E-state index contributed by atoms with van der Waals surface area (Å²) in [5, 5.41) is 6.21. The maximum atomic E-state index is 6.32. The molecule has 0 unspecified atom stereocenters. The van der Waals surface area contributed by atoms with Crippen LogP contribution >= 0.6 is 0 Å². The Labute approximate surface area is 152 Å². The van der Waals surface area contributed by atoms with Crippen molar-refractivity contribution in [2.75, 3.05) is 0 Å². The van der Waals surface area contributed by atoms with Crippen LogP contribution in [0.25, 0.3) is 65.8 Å². The van der Waals surface area contributed by atoms with E-state index in [4.69, 9.17) is 13.3 Å². The van der Waals surface area contributed by atoms with Gasteiger partial charge < -0.3 is 13.3 Å². The lowest BCUT2D eigenvalue weighted by molar-refractivity contribution is 0.658. The molecule has 7 rings (SSSR count). The Morgan fingerprint density at radius 2 is 0.667 bits per heavy atom. The molecular formula is C24H12O3. The summed E-state index contributed by atoms with van der Waals surface area (Å²) < 4.78 is 18.9. The summed E-state index contributed by atoms with van der Waals surface area (Å²) in [6.07, 6.45) is 0. The molecule has 3 nitrogen and oxygen atoms in total. The van der Waals surface area contributed by atoms with Crippen molar-refractivity contribution in [1.29, 1.82) is 0 Å². The van der Waals surface area contributed by atoms with Crippen LogP contribution in [0.15, 0.2) is 86.0 Å². The van der Waals surface area contributed by atoms with Crippen molar-refractivity contribution >= 4 is 65.8 Å². The van der Waals surface area contributed by atoms with Gasteiger partial charge >= 0.3 is 0 Å². The van der Waals surface area contributed by atoms with Crippen molar-refractivity contribution in [3.63, 3.8) is 0 Å². The molecule has 0 radical (unpaired) electrons. The standard InChI is InChI=1S/C24H12O3/c1-4-10-16-13(7-1)19-22(25-16)20-15-9-3-6-12-18(15)27-24(20)21-14-8-2-5-11-17(14)26-23(19)21/h1-12H. The van der Waals surface area contributed by atoms with Crippen LogP contribution in [-0.2, 0) is 0 Å². The van der Waals surface area contributed by atoms with Crippen LogP contribution in [0, 0.1) is 0 Å². The second-order valence-electron chi connectivity index (χ2n) is 6.91. The molecule has 27 heavy (non-hydrogen) atoms. The minimum absolute atomic E-state index is 0.822. The SMILES string of the molecule is c1ccc2c(c1)oc1c2c2oc3ccccc3c2c2oc3ccccc3c12. The van der Waals surface area contributed by atoms with E-state index in [0.29, 0.717) is 0 Å². The normalized spacial score (nSPS) is 12.4. The lowest BCUT2D eigenvalue weighted by Gasteiger charge is -1.96. The first-order valence-corrected chi connectivity index (χ1v) is 8.96. The van der Waals surface area contributed by atoms with Crippen LogP contribution < -0.4 is 0 Å². The molecule has 0 aliphatic carbocycles. The molecule has 0 spiro atoms. The summed E-state index contributed by atoms with van der Waals surface area (Å²) in [5.74, 6) is 0. The Kier molecular flexibility index (Phi) is 2.25. The van der Waals surface area contributed by atoms with E-state index < -0.39 is 0 Å². The van der Waals surface area contributed by atoms with Crippen LogP contribution in [0.5, 0.6) is 0 Å². The van der Waals surface area contributed by atoms with E-state index in [0.717, 1.165) is 65.8 Å². The molecule has 0 saturated carbocycles. The van der Waals surface area contributed by atoms with E-state index >= 15 is 0 Å². The van der Waals surface area contributed by atoms with Crippen LogP contribution in [0.2, 0.25) is 0 Å². The number of para-hydroxylation sites is 3. The molecule has 0 bridgehead atoms. The van der Waals surface area contributed by atoms with E-state index in [-0.39, 0.29) is 0 Å². The van der Waals surface area contributed by atoms with Crippen LogP contribution in [0.3, 0.4) is 0 Å². The van der Waals surface area contributed by atoms with Gasteiger partial charge in [0.05, 0.1) is 16.2 Å².